The predicted molar refractivity (Wildman–Crippen MR) is 34.0 cm³/mol. The number of primary amides is 1. The average molecular weight is 132 g/mol. The Kier molecular flexibility index (Phi) is 3.79. The maximum absolute atomic E-state index is 8.78. The van der Waals surface area contributed by atoms with Crippen LogP contribution in [0, 0.1) is 0 Å². The molecule has 5 N–H and O–H groups in total. The second-order valence-electron chi connectivity index (χ2n) is 2.03. The molecule has 1 amide bonds. The summed E-state index contributed by atoms with van der Waals surface area (Å²) in [7, 11) is 0. The molecule has 0 aliphatic heterocycles. The SMILES string of the molecule is NC(=O)O.NC1CCC1. The molecule has 0 heterocycles. The van der Waals surface area contributed by atoms with E-state index in [1.54, 1.807) is 0 Å². The third kappa shape index (κ3) is 7.23. The largest absolute Gasteiger partial charge is 0.465 e. The summed E-state index contributed by atoms with van der Waals surface area (Å²) in [6.45, 7) is 0. The van der Waals surface area contributed by atoms with Gasteiger partial charge < -0.3 is 16.6 Å². The highest BCUT2D eigenvalue weighted by molar-refractivity contribution is 5.61. The smallest absolute Gasteiger partial charge is 0.402 e. The lowest BCUT2D eigenvalue weighted by molar-refractivity contribution is 0.205. The van der Waals surface area contributed by atoms with E-state index in [-0.39, 0.29) is 0 Å². The Morgan fingerprint density at radius 1 is 1.56 bits per heavy atom. The molecule has 0 aromatic rings. The number of rotatable bonds is 0. The van der Waals surface area contributed by atoms with Crippen LogP contribution in [0.2, 0.25) is 0 Å². The zero-order valence-corrected chi connectivity index (χ0v) is 5.21. The van der Waals surface area contributed by atoms with Crippen molar-refractivity contribution in [2.24, 2.45) is 11.5 Å². The van der Waals surface area contributed by atoms with Gasteiger partial charge in [-0.2, -0.15) is 0 Å². The maximum Gasteiger partial charge on any atom is 0.402 e. The Morgan fingerprint density at radius 2 is 1.78 bits per heavy atom. The van der Waals surface area contributed by atoms with E-state index in [0.29, 0.717) is 6.04 Å². The first-order valence-electron chi connectivity index (χ1n) is 2.87. The van der Waals surface area contributed by atoms with Gasteiger partial charge in [-0.25, -0.2) is 4.79 Å². The molecule has 0 atom stereocenters. The molecule has 0 saturated heterocycles. The van der Waals surface area contributed by atoms with Crippen molar-refractivity contribution in [3.63, 3.8) is 0 Å². The number of carboxylic acid groups (broad SMARTS) is 1. The Labute approximate surface area is 53.8 Å². The monoisotopic (exact) mass is 132 g/mol. The molecule has 4 heteroatoms. The van der Waals surface area contributed by atoms with E-state index in [2.05, 4.69) is 5.73 Å². The highest BCUT2D eigenvalue weighted by atomic mass is 16.4. The standard InChI is InChI=1S/C4H9N.CH3NO2/c5-4-2-1-3-4;2-1(3)4/h4H,1-3,5H2;2H2,(H,3,4). The molecule has 1 saturated carbocycles. The van der Waals surface area contributed by atoms with Crippen molar-refractivity contribution >= 4 is 6.09 Å². The summed E-state index contributed by atoms with van der Waals surface area (Å²) >= 11 is 0. The second-order valence-corrected chi connectivity index (χ2v) is 2.03. The molecule has 0 radical (unpaired) electrons. The Hall–Kier alpha value is -0.770. The molecule has 9 heavy (non-hydrogen) atoms. The molecule has 1 rings (SSSR count). The van der Waals surface area contributed by atoms with Gasteiger partial charge in [0.2, 0.25) is 0 Å². The fourth-order valence-corrected chi connectivity index (χ4v) is 0.440. The van der Waals surface area contributed by atoms with Gasteiger partial charge >= 0.3 is 6.09 Å². The molecular weight excluding hydrogens is 120 g/mol. The van der Waals surface area contributed by atoms with Crippen molar-refractivity contribution in [2.45, 2.75) is 25.3 Å². The minimum absolute atomic E-state index is 0.565. The summed E-state index contributed by atoms with van der Waals surface area (Å²) in [4.78, 5) is 8.78. The lowest BCUT2D eigenvalue weighted by atomic mass is 9.95. The van der Waals surface area contributed by atoms with Crippen molar-refractivity contribution < 1.29 is 9.90 Å². The molecule has 54 valence electrons. The quantitative estimate of drug-likeness (QED) is 0.437. The maximum atomic E-state index is 8.78. The van der Waals surface area contributed by atoms with Crippen molar-refractivity contribution in [3.8, 4) is 0 Å². The Balaban J connectivity index is 0.000000148. The zero-order valence-electron chi connectivity index (χ0n) is 5.21. The van der Waals surface area contributed by atoms with Crippen LogP contribution < -0.4 is 11.5 Å². The van der Waals surface area contributed by atoms with Crippen LogP contribution in [0.1, 0.15) is 19.3 Å². The number of nitrogens with two attached hydrogens (primary N) is 2. The molecule has 0 aromatic heterocycles. The van der Waals surface area contributed by atoms with E-state index in [1.165, 1.54) is 19.3 Å². The fraction of sp³-hybridized carbons (Fsp3) is 0.800. The van der Waals surface area contributed by atoms with E-state index in [4.69, 9.17) is 15.6 Å². The fourth-order valence-electron chi connectivity index (χ4n) is 0.440. The van der Waals surface area contributed by atoms with Gasteiger partial charge in [0.25, 0.3) is 0 Å². The minimum atomic E-state index is -1.33. The van der Waals surface area contributed by atoms with E-state index >= 15 is 0 Å². The van der Waals surface area contributed by atoms with E-state index < -0.39 is 6.09 Å². The first-order valence-corrected chi connectivity index (χ1v) is 2.87. The van der Waals surface area contributed by atoms with E-state index in [9.17, 15) is 0 Å². The van der Waals surface area contributed by atoms with Crippen LogP contribution in [0.15, 0.2) is 0 Å². The summed E-state index contributed by atoms with van der Waals surface area (Å²) in [6.07, 6.45) is 2.56. The third-order valence-electron chi connectivity index (χ3n) is 1.15. The normalized spacial score (nSPS) is 17.0. The Morgan fingerprint density at radius 3 is 1.78 bits per heavy atom. The lowest BCUT2D eigenvalue weighted by Crippen LogP contribution is -2.27. The first kappa shape index (κ1) is 8.23. The van der Waals surface area contributed by atoms with Crippen LogP contribution >= 0.6 is 0 Å². The third-order valence-corrected chi connectivity index (χ3v) is 1.15. The molecule has 0 unspecified atom stereocenters. The van der Waals surface area contributed by atoms with E-state index in [1.807, 2.05) is 0 Å². The summed E-state index contributed by atoms with van der Waals surface area (Å²) in [5.74, 6) is 0. The lowest BCUT2D eigenvalue weighted by Gasteiger charge is -2.18. The molecule has 1 aliphatic rings. The topological polar surface area (TPSA) is 89.3 Å². The number of carbonyl (C=O) groups is 1. The zero-order chi connectivity index (χ0) is 7.28. The highest BCUT2D eigenvalue weighted by Crippen LogP contribution is 2.14. The summed E-state index contributed by atoms with van der Waals surface area (Å²) in [5.41, 5.74) is 9.41. The van der Waals surface area contributed by atoms with Gasteiger partial charge in [0.15, 0.2) is 0 Å². The number of amides is 1. The van der Waals surface area contributed by atoms with Crippen molar-refractivity contribution in [1.82, 2.24) is 0 Å². The van der Waals surface area contributed by atoms with Gasteiger partial charge in [-0.1, -0.05) is 6.42 Å². The van der Waals surface area contributed by atoms with Gasteiger partial charge in [-0.05, 0) is 12.8 Å². The van der Waals surface area contributed by atoms with E-state index in [0.717, 1.165) is 0 Å². The summed E-state index contributed by atoms with van der Waals surface area (Å²) in [6, 6.07) is 0.565. The van der Waals surface area contributed by atoms with Crippen molar-refractivity contribution in [2.75, 3.05) is 0 Å². The van der Waals surface area contributed by atoms with Gasteiger partial charge in [0, 0.05) is 6.04 Å². The molecular formula is C5H12N2O2. The van der Waals surface area contributed by atoms with Gasteiger partial charge in [0.05, 0.1) is 0 Å². The average Bonchev–Trinajstić information content (AvgIpc) is 1.59. The van der Waals surface area contributed by atoms with Crippen molar-refractivity contribution in [1.29, 1.82) is 0 Å². The minimum Gasteiger partial charge on any atom is -0.465 e. The highest BCUT2D eigenvalue weighted by Gasteiger charge is 2.09. The van der Waals surface area contributed by atoms with Crippen LogP contribution in [-0.2, 0) is 0 Å². The number of hydrogen-bond donors (Lipinski definition) is 3. The summed E-state index contributed by atoms with van der Waals surface area (Å²) in [5, 5.41) is 7.19. The molecule has 1 fully saturated rings. The Bertz CT molecular complexity index is 87.0. The molecule has 4 nitrogen and oxygen atoms in total. The second kappa shape index (κ2) is 4.14. The van der Waals surface area contributed by atoms with Gasteiger partial charge in [0.1, 0.15) is 0 Å². The van der Waals surface area contributed by atoms with Crippen LogP contribution in [0.5, 0.6) is 0 Å². The van der Waals surface area contributed by atoms with Crippen LogP contribution in [0.4, 0.5) is 4.79 Å². The molecule has 0 aromatic carbocycles. The summed E-state index contributed by atoms with van der Waals surface area (Å²) < 4.78 is 0. The van der Waals surface area contributed by atoms with Gasteiger partial charge in [-0.15, -0.1) is 0 Å². The van der Waals surface area contributed by atoms with Crippen LogP contribution in [0.3, 0.4) is 0 Å². The molecule has 0 spiro atoms. The molecule has 0 bridgehead atoms. The number of hydrogen-bond acceptors (Lipinski definition) is 2. The molecule has 1 aliphatic carbocycles. The van der Waals surface area contributed by atoms with Crippen LogP contribution in [0.25, 0.3) is 0 Å². The van der Waals surface area contributed by atoms with Crippen LogP contribution in [-0.4, -0.2) is 17.2 Å². The first-order chi connectivity index (χ1) is 4.13. The predicted octanol–water partition coefficient (Wildman–Crippen LogP) is 0.121. The van der Waals surface area contributed by atoms with Gasteiger partial charge in [-0.3, -0.25) is 0 Å². The van der Waals surface area contributed by atoms with Crippen molar-refractivity contribution in [3.05, 3.63) is 0 Å².